The van der Waals surface area contributed by atoms with Crippen molar-refractivity contribution in [3.63, 3.8) is 0 Å². The van der Waals surface area contributed by atoms with Gasteiger partial charge in [-0.1, -0.05) is 61.2 Å². The summed E-state index contributed by atoms with van der Waals surface area (Å²) in [5.41, 5.74) is 0.945. The molecular weight excluding hydrogens is 668 g/mol. The minimum Gasteiger partial charge on any atom is -0.459 e. The minimum absolute atomic E-state index is 0.00813. The van der Waals surface area contributed by atoms with Gasteiger partial charge in [0.1, 0.15) is 31.9 Å². The van der Waals surface area contributed by atoms with Crippen LogP contribution in [0.3, 0.4) is 0 Å². The van der Waals surface area contributed by atoms with E-state index < -0.39 is 54.6 Å². The van der Waals surface area contributed by atoms with Crippen molar-refractivity contribution in [2.24, 2.45) is 5.92 Å². The lowest BCUT2D eigenvalue weighted by molar-refractivity contribution is -0.155. The number of benzene rings is 3. The smallest absolute Gasteiger partial charge is 0.410 e. The van der Waals surface area contributed by atoms with E-state index in [-0.39, 0.29) is 41.5 Å². The number of ketones is 1. The maximum absolute atomic E-state index is 13.7. The number of urea groups is 1. The molecule has 0 atom stereocenters. The first kappa shape index (κ1) is 38.8. The number of amides is 4. The van der Waals surface area contributed by atoms with Crippen LogP contribution >= 0.6 is 0 Å². The molecule has 0 saturated carbocycles. The quantitative estimate of drug-likeness (QED) is 0.0927. The maximum atomic E-state index is 13.7. The van der Waals surface area contributed by atoms with E-state index in [1.165, 1.54) is 24.3 Å². The average Bonchev–Trinajstić information content (AvgIpc) is 3.12. The molecule has 0 spiro atoms. The van der Waals surface area contributed by atoms with Crippen LogP contribution in [0.4, 0.5) is 21.0 Å². The summed E-state index contributed by atoms with van der Waals surface area (Å²) < 4.78 is 15.9. The highest BCUT2D eigenvalue weighted by molar-refractivity contribution is 6.07. The Morgan fingerprint density at radius 2 is 1.56 bits per heavy atom. The Kier molecular flexibility index (Phi) is 13.7. The molecule has 2 N–H and O–H groups in total. The number of rotatable bonds is 13. The molecule has 3 aromatic carbocycles. The summed E-state index contributed by atoms with van der Waals surface area (Å²) in [6, 6.07) is 21.1. The van der Waals surface area contributed by atoms with Crippen LogP contribution in [0.25, 0.3) is 0 Å². The molecule has 3 aromatic rings. The van der Waals surface area contributed by atoms with Gasteiger partial charge in [-0.25, -0.2) is 14.4 Å². The molecule has 0 radical (unpaired) electrons. The Morgan fingerprint density at radius 3 is 2.25 bits per heavy atom. The summed E-state index contributed by atoms with van der Waals surface area (Å²) in [7, 11) is 0. The van der Waals surface area contributed by atoms with Gasteiger partial charge >= 0.3 is 24.1 Å². The number of likely N-dealkylation sites (tertiary alicyclic amines) is 1. The van der Waals surface area contributed by atoms with Crippen molar-refractivity contribution in [3.8, 4) is 0 Å². The van der Waals surface area contributed by atoms with E-state index in [1.807, 2.05) is 30.3 Å². The van der Waals surface area contributed by atoms with Gasteiger partial charge in [0, 0.05) is 30.3 Å². The van der Waals surface area contributed by atoms with Gasteiger partial charge in [0.25, 0.3) is 0 Å². The standard InChI is InChI=1S/C39H44N4O9/c1-5-22-50-36(47)29-14-11-15-30(23-29)40-37(48)43(25-34(45)52-39(2,3)4)24-33(44)41-32-17-10-9-16-31(32)35(46)28-18-20-42(21-19-28)38(49)51-26-27-12-7-6-8-13-27/h5-17,23,28H,1,18-22,24-26H2,2-4H3,(H,40,48)(H,41,44). The molecule has 52 heavy (non-hydrogen) atoms. The molecule has 1 fully saturated rings. The lowest BCUT2D eigenvalue weighted by atomic mass is 9.88. The predicted octanol–water partition coefficient (Wildman–Crippen LogP) is 6.08. The molecule has 13 nitrogen and oxygen atoms in total. The second kappa shape index (κ2) is 18.3. The number of carbonyl (C=O) groups is 6. The summed E-state index contributed by atoms with van der Waals surface area (Å²) in [4.78, 5) is 80.8. The van der Waals surface area contributed by atoms with Crippen LogP contribution in [0.2, 0.25) is 0 Å². The molecule has 0 bridgehead atoms. The second-order valence-electron chi connectivity index (χ2n) is 13.1. The number of para-hydroxylation sites is 1. The van der Waals surface area contributed by atoms with Crippen molar-refractivity contribution in [2.75, 3.05) is 43.4 Å². The van der Waals surface area contributed by atoms with Crippen LogP contribution in [0.1, 0.15) is 59.9 Å². The number of Topliss-reactive ketones (excluding diaryl/α,β-unsaturated/α-hetero) is 1. The zero-order chi connectivity index (χ0) is 37.7. The van der Waals surface area contributed by atoms with Crippen molar-refractivity contribution in [1.82, 2.24) is 9.80 Å². The normalized spacial score (nSPS) is 12.9. The molecule has 1 aliphatic rings. The SMILES string of the molecule is C=CCOC(=O)c1cccc(NC(=O)N(CC(=O)Nc2ccccc2C(=O)C2CCN(C(=O)OCc3ccccc3)CC2)CC(=O)OC(C)(C)C)c1. The largest absolute Gasteiger partial charge is 0.459 e. The number of esters is 2. The van der Waals surface area contributed by atoms with Gasteiger partial charge in [0.2, 0.25) is 5.91 Å². The minimum atomic E-state index is -0.848. The molecule has 0 aliphatic carbocycles. The van der Waals surface area contributed by atoms with E-state index in [9.17, 15) is 28.8 Å². The Morgan fingerprint density at radius 1 is 0.865 bits per heavy atom. The molecule has 4 rings (SSSR count). The average molecular weight is 713 g/mol. The summed E-state index contributed by atoms with van der Waals surface area (Å²) in [5, 5.41) is 5.33. The number of nitrogens with one attached hydrogen (secondary N) is 2. The molecule has 0 aromatic heterocycles. The van der Waals surface area contributed by atoms with Gasteiger partial charge in [0.05, 0.1) is 11.3 Å². The molecule has 1 aliphatic heterocycles. The first-order valence-corrected chi connectivity index (χ1v) is 16.9. The number of ether oxygens (including phenoxy) is 3. The topological polar surface area (TPSA) is 161 Å². The van der Waals surface area contributed by atoms with Crippen molar-refractivity contribution < 1.29 is 43.0 Å². The van der Waals surface area contributed by atoms with E-state index in [0.29, 0.717) is 25.9 Å². The van der Waals surface area contributed by atoms with Gasteiger partial charge in [-0.05, 0) is 69.5 Å². The van der Waals surface area contributed by atoms with Gasteiger partial charge in [0.15, 0.2) is 5.78 Å². The monoisotopic (exact) mass is 712 g/mol. The van der Waals surface area contributed by atoms with Crippen molar-refractivity contribution in [1.29, 1.82) is 0 Å². The Labute approximate surface area is 302 Å². The first-order valence-electron chi connectivity index (χ1n) is 16.9. The van der Waals surface area contributed by atoms with Crippen LogP contribution in [0.5, 0.6) is 0 Å². The van der Waals surface area contributed by atoms with E-state index in [4.69, 9.17) is 14.2 Å². The van der Waals surface area contributed by atoms with Crippen molar-refractivity contribution >= 4 is 47.1 Å². The third kappa shape index (κ3) is 11.8. The molecule has 274 valence electrons. The van der Waals surface area contributed by atoms with E-state index in [2.05, 4.69) is 17.2 Å². The number of nitrogens with zero attached hydrogens (tertiary/aromatic N) is 2. The third-order valence-electron chi connectivity index (χ3n) is 7.84. The van der Waals surface area contributed by atoms with Crippen LogP contribution in [-0.2, 0) is 30.4 Å². The maximum Gasteiger partial charge on any atom is 0.410 e. The highest BCUT2D eigenvalue weighted by Crippen LogP contribution is 2.26. The van der Waals surface area contributed by atoms with Crippen LogP contribution in [0.15, 0.2) is 91.5 Å². The zero-order valence-electron chi connectivity index (χ0n) is 29.6. The Hall–Kier alpha value is -5.98. The van der Waals surface area contributed by atoms with Crippen LogP contribution < -0.4 is 10.6 Å². The fraction of sp³-hybridized carbons (Fsp3) is 0.333. The lowest BCUT2D eigenvalue weighted by Crippen LogP contribution is -2.45. The second-order valence-corrected chi connectivity index (χ2v) is 13.1. The fourth-order valence-electron chi connectivity index (χ4n) is 5.40. The molecule has 1 saturated heterocycles. The van der Waals surface area contributed by atoms with E-state index in [0.717, 1.165) is 10.5 Å². The highest BCUT2D eigenvalue weighted by atomic mass is 16.6. The zero-order valence-corrected chi connectivity index (χ0v) is 29.6. The number of hydrogen-bond donors (Lipinski definition) is 2. The molecule has 1 heterocycles. The molecule has 13 heteroatoms. The number of carbonyl (C=O) groups excluding carboxylic acids is 6. The Balaban J connectivity index is 1.40. The molecule has 0 unspecified atom stereocenters. The lowest BCUT2D eigenvalue weighted by Gasteiger charge is -2.31. The number of piperidine rings is 1. The molecule has 4 amide bonds. The summed E-state index contributed by atoms with van der Waals surface area (Å²) in [5.74, 6) is -2.63. The first-order chi connectivity index (χ1) is 24.8. The number of hydrogen-bond acceptors (Lipinski definition) is 9. The van der Waals surface area contributed by atoms with Gasteiger partial charge in [-0.2, -0.15) is 0 Å². The summed E-state index contributed by atoms with van der Waals surface area (Å²) in [6.45, 7) is 8.24. The summed E-state index contributed by atoms with van der Waals surface area (Å²) >= 11 is 0. The van der Waals surface area contributed by atoms with E-state index in [1.54, 1.807) is 56.0 Å². The van der Waals surface area contributed by atoms with Crippen molar-refractivity contribution in [2.45, 2.75) is 45.8 Å². The summed E-state index contributed by atoms with van der Waals surface area (Å²) in [6.07, 6.45) is 1.81. The van der Waals surface area contributed by atoms with Crippen molar-refractivity contribution in [3.05, 3.63) is 108 Å². The van der Waals surface area contributed by atoms with Gasteiger partial charge < -0.3 is 34.6 Å². The predicted molar refractivity (Wildman–Crippen MR) is 194 cm³/mol. The fourth-order valence-corrected chi connectivity index (χ4v) is 5.40. The molecular formula is C39H44N4O9. The third-order valence-corrected chi connectivity index (χ3v) is 7.84. The van der Waals surface area contributed by atoms with Crippen LogP contribution in [-0.4, -0.2) is 83.9 Å². The highest BCUT2D eigenvalue weighted by Gasteiger charge is 2.30. The van der Waals surface area contributed by atoms with Gasteiger partial charge in [-0.15, -0.1) is 0 Å². The number of anilines is 2. The Bertz CT molecular complexity index is 1760. The van der Waals surface area contributed by atoms with E-state index >= 15 is 0 Å². The van der Waals surface area contributed by atoms with Crippen LogP contribution in [0, 0.1) is 5.92 Å². The van der Waals surface area contributed by atoms with Gasteiger partial charge in [-0.3, -0.25) is 14.4 Å².